The minimum absolute atomic E-state index is 0.296. The first-order valence-electron chi connectivity index (χ1n) is 8.47. The number of nitrogens with zero attached hydrogens (tertiary/aromatic N) is 1. The van der Waals surface area contributed by atoms with Crippen molar-refractivity contribution in [1.29, 1.82) is 0 Å². The Morgan fingerprint density at radius 3 is 2.44 bits per heavy atom. The van der Waals surface area contributed by atoms with E-state index in [2.05, 4.69) is 17.4 Å². The van der Waals surface area contributed by atoms with E-state index in [9.17, 15) is 9.59 Å². The minimum Gasteiger partial charge on any atom is -0.465 e. The first-order chi connectivity index (χ1) is 13.0. The third kappa shape index (κ3) is 4.09. The van der Waals surface area contributed by atoms with Gasteiger partial charge in [-0.2, -0.15) is 0 Å². The third-order valence-corrected chi connectivity index (χ3v) is 4.87. The zero-order valence-electron chi connectivity index (χ0n) is 15.2. The van der Waals surface area contributed by atoms with E-state index in [1.165, 1.54) is 37.5 Å². The zero-order valence-corrected chi connectivity index (χ0v) is 16.0. The molecule has 0 saturated heterocycles. The molecule has 1 aliphatic rings. The number of anilines is 1. The van der Waals surface area contributed by atoms with Crippen LogP contribution in [0.25, 0.3) is 0 Å². The smallest absolute Gasteiger partial charge is 0.339 e. The molecule has 1 aliphatic heterocycles. The highest BCUT2D eigenvalue weighted by Gasteiger charge is 2.21. The van der Waals surface area contributed by atoms with Gasteiger partial charge < -0.3 is 19.7 Å². The highest BCUT2D eigenvalue weighted by atomic mass is 32.1. The molecule has 0 bridgehead atoms. The van der Waals surface area contributed by atoms with Gasteiger partial charge in [0.25, 0.3) is 0 Å². The summed E-state index contributed by atoms with van der Waals surface area (Å²) in [6.07, 6.45) is 0.893. The van der Waals surface area contributed by atoms with Crippen molar-refractivity contribution in [3.05, 3.63) is 64.7 Å². The first kappa shape index (κ1) is 18.8. The summed E-state index contributed by atoms with van der Waals surface area (Å²) in [4.78, 5) is 25.9. The average Bonchev–Trinajstić information content (AvgIpc) is 2.72. The number of ether oxygens (including phenoxy) is 2. The van der Waals surface area contributed by atoms with E-state index < -0.39 is 11.9 Å². The second-order valence-corrected chi connectivity index (χ2v) is 6.50. The molecule has 2 aromatic carbocycles. The Balaban J connectivity index is 1.84. The van der Waals surface area contributed by atoms with Crippen LogP contribution in [0.1, 0.15) is 31.8 Å². The standard InChI is InChI=1S/C20H20N2O4S/c1-25-18(23)14-7-8-16(19(24)26-2)17(11-14)21-20(27)22-10-9-13-5-3-4-6-15(13)12-22/h3-8,11H,9-10,12H2,1-2H3,(H,21,27). The molecule has 1 heterocycles. The van der Waals surface area contributed by atoms with Crippen LogP contribution in [-0.4, -0.2) is 42.7 Å². The van der Waals surface area contributed by atoms with Crippen LogP contribution in [-0.2, 0) is 22.4 Å². The van der Waals surface area contributed by atoms with Crippen molar-refractivity contribution >= 4 is 35.0 Å². The van der Waals surface area contributed by atoms with E-state index in [0.717, 1.165) is 13.0 Å². The number of benzene rings is 2. The molecule has 0 radical (unpaired) electrons. The third-order valence-electron chi connectivity index (χ3n) is 4.51. The largest absolute Gasteiger partial charge is 0.465 e. The Morgan fingerprint density at radius 2 is 1.74 bits per heavy atom. The van der Waals surface area contributed by atoms with Crippen LogP contribution in [0.2, 0.25) is 0 Å². The molecule has 27 heavy (non-hydrogen) atoms. The molecule has 3 rings (SSSR count). The van der Waals surface area contributed by atoms with Crippen molar-refractivity contribution in [3.8, 4) is 0 Å². The summed E-state index contributed by atoms with van der Waals surface area (Å²) < 4.78 is 9.58. The summed E-state index contributed by atoms with van der Waals surface area (Å²) >= 11 is 5.55. The lowest BCUT2D eigenvalue weighted by molar-refractivity contribution is 0.0587. The second kappa shape index (κ2) is 8.18. The first-order valence-corrected chi connectivity index (χ1v) is 8.87. The number of carbonyl (C=O) groups is 2. The number of fused-ring (bicyclic) bond motifs is 1. The van der Waals surface area contributed by atoms with Gasteiger partial charge >= 0.3 is 11.9 Å². The summed E-state index contributed by atoms with van der Waals surface area (Å²) in [6, 6.07) is 12.8. The molecule has 1 N–H and O–H groups in total. The summed E-state index contributed by atoms with van der Waals surface area (Å²) in [5.41, 5.74) is 3.57. The van der Waals surface area contributed by atoms with E-state index in [1.807, 2.05) is 17.0 Å². The van der Waals surface area contributed by atoms with Crippen molar-refractivity contribution in [2.45, 2.75) is 13.0 Å². The zero-order chi connectivity index (χ0) is 19.4. The van der Waals surface area contributed by atoms with Gasteiger partial charge in [0.1, 0.15) is 0 Å². The fourth-order valence-electron chi connectivity index (χ4n) is 3.04. The number of hydrogen-bond acceptors (Lipinski definition) is 5. The number of nitrogens with one attached hydrogen (secondary N) is 1. The molecular weight excluding hydrogens is 364 g/mol. The lowest BCUT2D eigenvalue weighted by Crippen LogP contribution is -2.39. The summed E-state index contributed by atoms with van der Waals surface area (Å²) in [5.74, 6) is -1.01. The fraction of sp³-hybridized carbons (Fsp3) is 0.250. The van der Waals surface area contributed by atoms with Crippen molar-refractivity contribution in [2.75, 3.05) is 26.1 Å². The number of esters is 2. The van der Waals surface area contributed by atoms with Gasteiger partial charge in [0, 0.05) is 13.1 Å². The van der Waals surface area contributed by atoms with Crippen molar-refractivity contribution in [2.24, 2.45) is 0 Å². The molecule has 6 nitrogen and oxygen atoms in total. The normalized spacial score (nSPS) is 12.7. The van der Waals surface area contributed by atoms with E-state index in [0.29, 0.717) is 28.5 Å². The average molecular weight is 384 g/mol. The van der Waals surface area contributed by atoms with Gasteiger partial charge in [-0.1, -0.05) is 24.3 Å². The van der Waals surface area contributed by atoms with Crippen LogP contribution in [0.5, 0.6) is 0 Å². The predicted octanol–water partition coefficient (Wildman–Crippen LogP) is 3.01. The molecule has 0 aromatic heterocycles. The highest BCUT2D eigenvalue weighted by molar-refractivity contribution is 7.80. The molecule has 0 unspecified atom stereocenters. The SMILES string of the molecule is COC(=O)c1ccc(C(=O)OC)c(NC(=S)N2CCc3ccccc3C2)c1. The van der Waals surface area contributed by atoms with Crippen LogP contribution >= 0.6 is 12.2 Å². The molecule has 0 saturated carbocycles. The lowest BCUT2D eigenvalue weighted by atomic mass is 10.0. The highest BCUT2D eigenvalue weighted by Crippen LogP contribution is 2.23. The number of rotatable bonds is 3. The van der Waals surface area contributed by atoms with Crippen molar-refractivity contribution in [3.63, 3.8) is 0 Å². The van der Waals surface area contributed by atoms with Crippen LogP contribution < -0.4 is 5.32 Å². The van der Waals surface area contributed by atoms with E-state index >= 15 is 0 Å². The molecule has 2 aromatic rings. The number of hydrogen-bond donors (Lipinski definition) is 1. The maximum absolute atomic E-state index is 12.1. The molecule has 7 heteroatoms. The van der Waals surface area contributed by atoms with Gasteiger partial charge in [-0.05, 0) is 48.0 Å². The minimum atomic E-state index is -0.513. The molecule has 0 spiro atoms. The summed E-state index contributed by atoms with van der Waals surface area (Å²) in [7, 11) is 2.61. The lowest BCUT2D eigenvalue weighted by Gasteiger charge is -2.31. The van der Waals surface area contributed by atoms with E-state index in [-0.39, 0.29) is 0 Å². The van der Waals surface area contributed by atoms with Gasteiger partial charge in [0.05, 0.1) is 31.0 Å². The van der Waals surface area contributed by atoms with Crippen LogP contribution in [0.4, 0.5) is 5.69 Å². The predicted molar refractivity (Wildman–Crippen MR) is 106 cm³/mol. The van der Waals surface area contributed by atoms with Crippen LogP contribution in [0, 0.1) is 0 Å². The number of methoxy groups -OCH3 is 2. The van der Waals surface area contributed by atoms with Crippen LogP contribution in [0.3, 0.4) is 0 Å². The van der Waals surface area contributed by atoms with Gasteiger partial charge in [0.15, 0.2) is 5.11 Å². The Morgan fingerprint density at radius 1 is 1.04 bits per heavy atom. The molecule has 140 valence electrons. The van der Waals surface area contributed by atoms with Gasteiger partial charge in [-0.25, -0.2) is 9.59 Å². The molecule has 0 fully saturated rings. The van der Waals surface area contributed by atoms with Crippen molar-refractivity contribution in [1.82, 2.24) is 4.90 Å². The fourth-order valence-corrected chi connectivity index (χ4v) is 3.31. The molecule has 0 atom stereocenters. The Bertz CT molecular complexity index is 897. The second-order valence-electron chi connectivity index (χ2n) is 6.11. The molecule has 0 aliphatic carbocycles. The maximum atomic E-state index is 12.1. The Kier molecular flexibility index (Phi) is 5.71. The molecule has 0 amide bonds. The van der Waals surface area contributed by atoms with Gasteiger partial charge in [0.2, 0.25) is 0 Å². The monoisotopic (exact) mass is 384 g/mol. The summed E-state index contributed by atoms with van der Waals surface area (Å²) in [6.45, 7) is 1.46. The number of carbonyl (C=O) groups excluding carboxylic acids is 2. The number of thiocarbonyl (C=S) groups is 1. The van der Waals surface area contributed by atoms with Crippen LogP contribution in [0.15, 0.2) is 42.5 Å². The Labute approximate surface area is 163 Å². The van der Waals surface area contributed by atoms with Gasteiger partial charge in [-0.15, -0.1) is 0 Å². The van der Waals surface area contributed by atoms with E-state index in [4.69, 9.17) is 21.7 Å². The Hall–Kier alpha value is -2.93. The summed E-state index contributed by atoms with van der Waals surface area (Å²) in [5, 5.41) is 3.58. The topological polar surface area (TPSA) is 67.9 Å². The van der Waals surface area contributed by atoms with Gasteiger partial charge in [-0.3, -0.25) is 0 Å². The van der Waals surface area contributed by atoms with Crippen molar-refractivity contribution < 1.29 is 19.1 Å². The van der Waals surface area contributed by atoms with E-state index in [1.54, 1.807) is 6.07 Å². The molecular formula is C20H20N2O4S. The quantitative estimate of drug-likeness (QED) is 0.644. The maximum Gasteiger partial charge on any atom is 0.339 e.